The fraction of sp³-hybridized carbons (Fsp3) is 0.269. The van der Waals surface area contributed by atoms with E-state index in [0.29, 0.717) is 18.8 Å². The van der Waals surface area contributed by atoms with Crippen molar-refractivity contribution in [3.8, 4) is 16.9 Å². The number of fused-ring (bicyclic) bond motifs is 1. The normalized spacial score (nSPS) is 11.3. The Hall–Kier alpha value is -3.11. The lowest BCUT2D eigenvalue weighted by Crippen LogP contribution is -2.05. The zero-order chi connectivity index (χ0) is 21.1. The minimum atomic E-state index is 0.291. The van der Waals surface area contributed by atoms with Gasteiger partial charge in [-0.1, -0.05) is 67.9 Å². The van der Waals surface area contributed by atoms with Crippen LogP contribution in [0.5, 0.6) is 5.75 Å². The molecule has 0 saturated carbocycles. The van der Waals surface area contributed by atoms with E-state index in [1.165, 1.54) is 16.7 Å². The van der Waals surface area contributed by atoms with Crippen LogP contribution in [0.3, 0.4) is 0 Å². The number of hydrogen-bond acceptors (Lipinski definition) is 3. The van der Waals surface area contributed by atoms with Crippen molar-refractivity contribution in [1.29, 1.82) is 0 Å². The van der Waals surface area contributed by atoms with Crippen molar-refractivity contribution in [1.82, 2.24) is 9.55 Å². The predicted octanol–water partition coefficient (Wildman–Crippen LogP) is 5.57. The molecule has 0 aliphatic carbocycles. The van der Waals surface area contributed by atoms with E-state index < -0.39 is 0 Å². The maximum absolute atomic E-state index is 10.6. The summed E-state index contributed by atoms with van der Waals surface area (Å²) in [7, 11) is 0. The molecule has 3 N–H and O–H groups in total. The molecular formula is C26H29N3O. The molecule has 0 aliphatic heterocycles. The maximum atomic E-state index is 10.6. The topological polar surface area (TPSA) is 64.1 Å². The van der Waals surface area contributed by atoms with Gasteiger partial charge >= 0.3 is 0 Å². The molecule has 1 aromatic heterocycles. The molecular weight excluding hydrogens is 370 g/mol. The third kappa shape index (κ3) is 3.83. The average molecular weight is 400 g/mol. The Kier molecular flexibility index (Phi) is 5.86. The number of imidazole rings is 1. The molecule has 3 aromatic carbocycles. The number of nitrogens with two attached hydrogens (primary N) is 1. The summed E-state index contributed by atoms with van der Waals surface area (Å²) in [5, 5.41) is 10.6. The SMILES string of the molecule is CCCCc1nc2c(C)ccc(O)c2n1Cc1ccc(-c2ccccc2CN)cc1. The highest BCUT2D eigenvalue weighted by atomic mass is 16.3. The van der Waals surface area contributed by atoms with E-state index in [0.717, 1.165) is 47.2 Å². The van der Waals surface area contributed by atoms with Crippen LogP contribution in [-0.2, 0) is 19.5 Å². The Balaban J connectivity index is 1.71. The van der Waals surface area contributed by atoms with E-state index >= 15 is 0 Å². The number of phenolic OH excluding ortho intramolecular Hbond substituents is 1. The van der Waals surface area contributed by atoms with E-state index in [-0.39, 0.29) is 0 Å². The summed E-state index contributed by atoms with van der Waals surface area (Å²) in [5.41, 5.74) is 13.4. The number of aromatic hydroxyl groups is 1. The van der Waals surface area contributed by atoms with E-state index in [2.05, 4.69) is 47.9 Å². The van der Waals surface area contributed by atoms with Crippen LogP contribution in [0, 0.1) is 6.92 Å². The first-order valence-corrected chi connectivity index (χ1v) is 10.7. The summed E-state index contributed by atoms with van der Waals surface area (Å²) in [6, 6.07) is 20.6. The first kappa shape index (κ1) is 20.2. The average Bonchev–Trinajstić information content (AvgIpc) is 3.14. The summed E-state index contributed by atoms with van der Waals surface area (Å²) in [6.45, 7) is 5.45. The van der Waals surface area contributed by atoms with Crippen molar-refractivity contribution in [3.05, 3.63) is 83.2 Å². The van der Waals surface area contributed by atoms with Gasteiger partial charge in [-0.15, -0.1) is 0 Å². The number of nitrogens with zero attached hydrogens (tertiary/aromatic N) is 2. The van der Waals surface area contributed by atoms with Crippen molar-refractivity contribution < 1.29 is 5.11 Å². The van der Waals surface area contributed by atoms with Crippen molar-refractivity contribution in [2.75, 3.05) is 0 Å². The molecule has 0 amide bonds. The zero-order valence-corrected chi connectivity index (χ0v) is 17.7. The van der Waals surface area contributed by atoms with Gasteiger partial charge in [-0.05, 0) is 47.2 Å². The molecule has 4 aromatic rings. The van der Waals surface area contributed by atoms with Crippen LogP contribution in [0.2, 0.25) is 0 Å². The van der Waals surface area contributed by atoms with Crippen LogP contribution in [0.15, 0.2) is 60.7 Å². The van der Waals surface area contributed by atoms with Crippen LogP contribution in [0.4, 0.5) is 0 Å². The second-order valence-electron chi connectivity index (χ2n) is 7.87. The molecule has 0 atom stereocenters. The molecule has 0 unspecified atom stereocenters. The Morgan fingerprint density at radius 1 is 1.00 bits per heavy atom. The molecule has 0 spiro atoms. The summed E-state index contributed by atoms with van der Waals surface area (Å²) in [6.07, 6.45) is 3.10. The predicted molar refractivity (Wildman–Crippen MR) is 124 cm³/mol. The third-order valence-corrected chi connectivity index (χ3v) is 5.75. The first-order valence-electron chi connectivity index (χ1n) is 10.7. The molecule has 0 fully saturated rings. The van der Waals surface area contributed by atoms with Crippen LogP contribution in [0.1, 0.15) is 42.3 Å². The van der Waals surface area contributed by atoms with Crippen LogP contribution >= 0.6 is 0 Å². The summed E-state index contributed by atoms with van der Waals surface area (Å²) >= 11 is 0. The molecule has 1 heterocycles. The second-order valence-corrected chi connectivity index (χ2v) is 7.87. The summed E-state index contributed by atoms with van der Waals surface area (Å²) in [5.74, 6) is 1.33. The van der Waals surface area contributed by atoms with Gasteiger partial charge in [0.25, 0.3) is 0 Å². The number of hydrogen-bond donors (Lipinski definition) is 2. The van der Waals surface area contributed by atoms with Gasteiger partial charge in [0.15, 0.2) is 0 Å². The number of rotatable bonds is 7. The van der Waals surface area contributed by atoms with Gasteiger partial charge in [-0.25, -0.2) is 4.98 Å². The fourth-order valence-corrected chi connectivity index (χ4v) is 4.04. The van der Waals surface area contributed by atoms with Gasteiger partial charge < -0.3 is 15.4 Å². The summed E-state index contributed by atoms with van der Waals surface area (Å²) in [4.78, 5) is 4.88. The van der Waals surface area contributed by atoms with Gasteiger partial charge in [0, 0.05) is 19.5 Å². The standard InChI is InChI=1S/C26H29N3O/c1-3-4-9-24-28-25-18(2)10-15-23(30)26(25)29(24)17-19-11-13-20(14-12-19)22-8-6-5-7-21(22)16-27/h5-8,10-15,30H,3-4,9,16-17,27H2,1-2H3. The highest BCUT2D eigenvalue weighted by Gasteiger charge is 2.16. The van der Waals surface area contributed by atoms with Gasteiger partial charge in [-0.2, -0.15) is 0 Å². The largest absolute Gasteiger partial charge is 0.506 e. The van der Waals surface area contributed by atoms with E-state index in [1.807, 2.05) is 25.1 Å². The molecule has 4 heteroatoms. The van der Waals surface area contributed by atoms with Crippen molar-refractivity contribution in [3.63, 3.8) is 0 Å². The van der Waals surface area contributed by atoms with Crippen molar-refractivity contribution in [2.45, 2.75) is 46.2 Å². The van der Waals surface area contributed by atoms with E-state index in [1.54, 1.807) is 6.07 Å². The Labute approximate surface area is 178 Å². The van der Waals surface area contributed by atoms with Gasteiger partial charge in [0.05, 0.1) is 5.52 Å². The van der Waals surface area contributed by atoms with Crippen LogP contribution in [0.25, 0.3) is 22.2 Å². The van der Waals surface area contributed by atoms with Gasteiger partial charge in [0.2, 0.25) is 0 Å². The number of aryl methyl sites for hydroxylation is 2. The van der Waals surface area contributed by atoms with Crippen LogP contribution in [-0.4, -0.2) is 14.7 Å². The number of benzene rings is 3. The Morgan fingerprint density at radius 2 is 1.77 bits per heavy atom. The number of unbranched alkanes of at least 4 members (excludes halogenated alkanes) is 1. The Bertz CT molecular complexity index is 1160. The second kappa shape index (κ2) is 8.72. The Morgan fingerprint density at radius 3 is 2.50 bits per heavy atom. The van der Waals surface area contributed by atoms with E-state index in [4.69, 9.17) is 10.7 Å². The third-order valence-electron chi connectivity index (χ3n) is 5.75. The van der Waals surface area contributed by atoms with Crippen molar-refractivity contribution in [2.24, 2.45) is 5.73 Å². The molecule has 154 valence electrons. The summed E-state index contributed by atoms with van der Waals surface area (Å²) < 4.78 is 2.18. The minimum Gasteiger partial charge on any atom is -0.506 e. The number of aromatic nitrogens is 2. The van der Waals surface area contributed by atoms with Crippen LogP contribution < -0.4 is 5.73 Å². The lowest BCUT2D eigenvalue weighted by atomic mass is 9.99. The van der Waals surface area contributed by atoms with E-state index in [9.17, 15) is 5.11 Å². The quantitative estimate of drug-likeness (QED) is 0.427. The molecule has 4 nitrogen and oxygen atoms in total. The molecule has 30 heavy (non-hydrogen) atoms. The molecule has 0 radical (unpaired) electrons. The molecule has 0 bridgehead atoms. The molecule has 0 aliphatic rings. The highest BCUT2D eigenvalue weighted by Crippen LogP contribution is 2.30. The molecule has 4 rings (SSSR count). The number of phenols is 1. The monoisotopic (exact) mass is 399 g/mol. The smallest absolute Gasteiger partial charge is 0.141 e. The first-order chi connectivity index (χ1) is 14.6. The zero-order valence-electron chi connectivity index (χ0n) is 17.7. The lowest BCUT2D eigenvalue weighted by Gasteiger charge is -2.12. The highest BCUT2D eigenvalue weighted by molar-refractivity contribution is 5.85. The minimum absolute atomic E-state index is 0.291. The lowest BCUT2D eigenvalue weighted by molar-refractivity contribution is 0.477. The van der Waals surface area contributed by atoms with Crippen molar-refractivity contribution >= 4 is 11.0 Å². The van der Waals surface area contributed by atoms with Gasteiger partial charge in [-0.3, -0.25) is 0 Å². The molecule has 0 saturated heterocycles. The van der Waals surface area contributed by atoms with Gasteiger partial charge in [0.1, 0.15) is 17.1 Å². The maximum Gasteiger partial charge on any atom is 0.141 e. The fourth-order valence-electron chi connectivity index (χ4n) is 4.04.